The molecule has 0 radical (unpaired) electrons. The molecule has 1 aliphatic carbocycles. The molecule has 0 unspecified atom stereocenters. The van der Waals surface area contributed by atoms with Gasteiger partial charge in [-0.15, -0.1) is 0 Å². The van der Waals surface area contributed by atoms with Crippen molar-refractivity contribution >= 4 is 22.8 Å². The van der Waals surface area contributed by atoms with Crippen LogP contribution in [0.2, 0.25) is 0 Å². The minimum Gasteiger partial charge on any atom is -0.383 e. The summed E-state index contributed by atoms with van der Waals surface area (Å²) in [6.07, 6.45) is 5.63. The van der Waals surface area contributed by atoms with Crippen molar-refractivity contribution in [3.8, 4) is 0 Å². The van der Waals surface area contributed by atoms with Crippen LogP contribution in [0, 0.1) is 5.41 Å². The lowest BCUT2D eigenvalue weighted by Gasteiger charge is -2.46. The van der Waals surface area contributed by atoms with Gasteiger partial charge in [0, 0.05) is 50.9 Å². The highest BCUT2D eigenvalue weighted by atomic mass is 16.5. The van der Waals surface area contributed by atoms with Crippen molar-refractivity contribution in [1.82, 2.24) is 20.2 Å². The normalized spacial score (nSPS) is 24.1. The van der Waals surface area contributed by atoms with E-state index in [9.17, 15) is 9.59 Å². The Bertz CT molecular complexity index is 847. The van der Waals surface area contributed by atoms with Crippen LogP contribution in [-0.4, -0.2) is 59.5 Å². The molecule has 0 bridgehead atoms. The molecular weight excluding hydrogens is 368 g/mol. The second kappa shape index (κ2) is 8.53. The number of ether oxygens (including phenoxy) is 1. The molecule has 7 nitrogen and oxygen atoms in total. The van der Waals surface area contributed by atoms with Gasteiger partial charge in [-0.05, 0) is 31.4 Å². The monoisotopic (exact) mass is 398 g/mol. The third-order valence-corrected chi connectivity index (χ3v) is 6.59. The number of aromatic amines is 1. The fraction of sp³-hybridized carbons (Fsp3) is 0.591. The van der Waals surface area contributed by atoms with E-state index in [2.05, 4.69) is 15.3 Å². The van der Waals surface area contributed by atoms with E-state index in [-0.39, 0.29) is 23.3 Å². The Kier molecular flexibility index (Phi) is 5.85. The Balaban J connectivity index is 1.33. The Morgan fingerprint density at radius 2 is 2.24 bits per heavy atom. The fourth-order valence-corrected chi connectivity index (χ4v) is 5.06. The van der Waals surface area contributed by atoms with Gasteiger partial charge in [-0.2, -0.15) is 0 Å². The Morgan fingerprint density at radius 1 is 1.38 bits per heavy atom. The van der Waals surface area contributed by atoms with Crippen LogP contribution in [-0.2, 0) is 20.7 Å². The van der Waals surface area contributed by atoms with Gasteiger partial charge in [0.05, 0.1) is 17.6 Å². The lowest BCUT2D eigenvalue weighted by Crippen LogP contribution is -2.56. The molecule has 2 amide bonds. The average molecular weight is 399 g/mol. The van der Waals surface area contributed by atoms with Gasteiger partial charge in [-0.3, -0.25) is 9.59 Å². The van der Waals surface area contributed by atoms with E-state index in [1.54, 1.807) is 7.11 Å². The van der Waals surface area contributed by atoms with Gasteiger partial charge in [0.25, 0.3) is 0 Å². The molecule has 2 atom stereocenters. The predicted molar refractivity (Wildman–Crippen MR) is 110 cm³/mol. The van der Waals surface area contributed by atoms with Crippen molar-refractivity contribution in [1.29, 1.82) is 0 Å². The number of nitrogens with zero attached hydrogens (tertiary/aromatic N) is 2. The quantitative estimate of drug-likeness (QED) is 0.715. The third-order valence-electron chi connectivity index (χ3n) is 6.59. The van der Waals surface area contributed by atoms with Gasteiger partial charge in [0.1, 0.15) is 5.82 Å². The van der Waals surface area contributed by atoms with E-state index in [1.807, 2.05) is 29.2 Å². The van der Waals surface area contributed by atoms with Crippen LogP contribution in [0.1, 0.15) is 44.3 Å². The van der Waals surface area contributed by atoms with E-state index >= 15 is 0 Å². The van der Waals surface area contributed by atoms with E-state index in [1.165, 1.54) is 0 Å². The van der Waals surface area contributed by atoms with Crippen molar-refractivity contribution in [2.75, 3.05) is 26.8 Å². The molecule has 156 valence electrons. The number of benzene rings is 1. The van der Waals surface area contributed by atoms with Crippen molar-refractivity contribution in [3.63, 3.8) is 0 Å². The van der Waals surface area contributed by atoms with Gasteiger partial charge >= 0.3 is 0 Å². The lowest BCUT2D eigenvalue weighted by atomic mass is 9.74. The highest BCUT2D eigenvalue weighted by Gasteiger charge is 2.50. The molecule has 1 saturated heterocycles. The smallest absolute Gasteiger partial charge is 0.222 e. The summed E-state index contributed by atoms with van der Waals surface area (Å²) in [7, 11) is 1.67. The number of hydrogen-bond acceptors (Lipinski definition) is 4. The summed E-state index contributed by atoms with van der Waals surface area (Å²) in [5, 5.41) is 3.16. The number of aromatic nitrogens is 2. The molecule has 2 heterocycles. The zero-order valence-corrected chi connectivity index (χ0v) is 17.1. The molecule has 2 N–H and O–H groups in total. The first-order valence-electron chi connectivity index (χ1n) is 10.6. The third kappa shape index (κ3) is 4.15. The molecular formula is C22H30N4O3. The predicted octanol–water partition coefficient (Wildman–Crippen LogP) is 2.42. The molecule has 1 aromatic carbocycles. The molecule has 4 rings (SSSR count). The SMILES string of the molecule is COCCN1C(=O)CC[C@]2(CNC(=O)CCc3nc4ccccc4[nH]3)CCC[C@@H]12. The van der Waals surface area contributed by atoms with Crippen LogP contribution in [0.4, 0.5) is 0 Å². The maximum absolute atomic E-state index is 12.5. The van der Waals surface area contributed by atoms with E-state index in [0.717, 1.165) is 42.5 Å². The van der Waals surface area contributed by atoms with Crippen LogP contribution in [0.3, 0.4) is 0 Å². The van der Waals surface area contributed by atoms with E-state index < -0.39 is 0 Å². The number of imidazole rings is 1. The van der Waals surface area contributed by atoms with Crippen molar-refractivity contribution < 1.29 is 14.3 Å². The summed E-state index contributed by atoms with van der Waals surface area (Å²) in [6, 6.07) is 8.11. The summed E-state index contributed by atoms with van der Waals surface area (Å²) in [5.41, 5.74) is 1.94. The maximum atomic E-state index is 12.5. The van der Waals surface area contributed by atoms with Crippen LogP contribution in [0.5, 0.6) is 0 Å². The number of aryl methyl sites for hydroxylation is 1. The number of hydrogen-bond donors (Lipinski definition) is 2. The first kappa shape index (κ1) is 19.9. The van der Waals surface area contributed by atoms with Crippen molar-refractivity contribution in [2.45, 2.75) is 51.0 Å². The number of fused-ring (bicyclic) bond motifs is 2. The minimum absolute atomic E-state index is 0.0106. The molecule has 2 aromatic rings. The largest absolute Gasteiger partial charge is 0.383 e. The number of methoxy groups -OCH3 is 1. The molecule has 7 heteroatoms. The van der Waals surface area contributed by atoms with Crippen molar-refractivity contribution in [3.05, 3.63) is 30.1 Å². The number of para-hydroxylation sites is 2. The number of carbonyl (C=O) groups is 2. The Hall–Kier alpha value is -2.41. The maximum Gasteiger partial charge on any atom is 0.222 e. The van der Waals surface area contributed by atoms with Gasteiger partial charge in [-0.25, -0.2) is 4.98 Å². The summed E-state index contributed by atoms with van der Waals surface area (Å²) in [4.78, 5) is 34.8. The summed E-state index contributed by atoms with van der Waals surface area (Å²) in [5.74, 6) is 1.11. The first-order valence-corrected chi connectivity index (χ1v) is 10.6. The van der Waals surface area contributed by atoms with Crippen LogP contribution in [0.25, 0.3) is 11.0 Å². The number of likely N-dealkylation sites (tertiary alicyclic amines) is 1. The summed E-state index contributed by atoms with van der Waals surface area (Å²) in [6.45, 7) is 1.84. The minimum atomic E-state index is 0.0106. The second-order valence-corrected chi connectivity index (χ2v) is 8.33. The molecule has 2 aliphatic rings. The number of carbonyl (C=O) groups excluding carboxylic acids is 2. The van der Waals surface area contributed by atoms with Gasteiger partial charge in [0.15, 0.2) is 0 Å². The van der Waals surface area contributed by atoms with E-state index in [4.69, 9.17) is 4.74 Å². The van der Waals surface area contributed by atoms with Gasteiger partial charge in [-0.1, -0.05) is 18.6 Å². The molecule has 0 spiro atoms. The highest BCUT2D eigenvalue weighted by molar-refractivity contribution is 5.79. The van der Waals surface area contributed by atoms with Crippen molar-refractivity contribution in [2.24, 2.45) is 5.41 Å². The first-order chi connectivity index (χ1) is 14.1. The molecule has 1 aromatic heterocycles. The number of nitrogens with one attached hydrogen (secondary N) is 2. The van der Waals surface area contributed by atoms with Crippen LogP contribution in [0.15, 0.2) is 24.3 Å². The second-order valence-electron chi connectivity index (χ2n) is 8.33. The van der Waals surface area contributed by atoms with E-state index in [0.29, 0.717) is 39.0 Å². The van der Waals surface area contributed by atoms with Crippen LogP contribution >= 0.6 is 0 Å². The molecule has 2 fully saturated rings. The lowest BCUT2D eigenvalue weighted by molar-refractivity contribution is -0.142. The average Bonchev–Trinajstić information content (AvgIpc) is 3.34. The number of H-pyrrole nitrogens is 1. The molecule has 1 aliphatic heterocycles. The van der Waals surface area contributed by atoms with Gasteiger partial charge < -0.3 is 19.9 Å². The number of amides is 2. The zero-order valence-electron chi connectivity index (χ0n) is 17.1. The summed E-state index contributed by atoms with van der Waals surface area (Å²) < 4.78 is 5.20. The highest BCUT2D eigenvalue weighted by Crippen LogP contribution is 2.47. The topological polar surface area (TPSA) is 87.3 Å². The molecule has 29 heavy (non-hydrogen) atoms. The Morgan fingerprint density at radius 3 is 3.07 bits per heavy atom. The summed E-state index contributed by atoms with van der Waals surface area (Å²) >= 11 is 0. The number of piperidine rings is 1. The molecule has 1 saturated carbocycles. The van der Waals surface area contributed by atoms with Crippen LogP contribution < -0.4 is 5.32 Å². The zero-order chi connectivity index (χ0) is 20.3. The standard InChI is InChI=1S/C22H30N4O3/c1-29-14-13-26-18-7-4-11-22(18,12-10-21(26)28)15-23-20(27)9-8-19-24-16-5-2-3-6-17(16)25-19/h2-3,5-6,18H,4,7-15H2,1H3,(H,23,27)(H,24,25)/t18-,22+/m1/s1. The Labute approximate surface area is 171 Å². The van der Waals surface area contributed by atoms with Gasteiger partial charge in [0.2, 0.25) is 11.8 Å². The fourth-order valence-electron chi connectivity index (χ4n) is 5.06. The number of rotatable bonds is 8.